The van der Waals surface area contributed by atoms with Gasteiger partial charge in [-0.1, -0.05) is 110 Å². The van der Waals surface area contributed by atoms with Crippen LogP contribution in [-0.4, -0.2) is 45.6 Å². The Morgan fingerprint density at radius 1 is 0.700 bits per heavy atom. The first kappa shape index (κ1) is 38.5. The van der Waals surface area contributed by atoms with Crippen LogP contribution in [0.2, 0.25) is 0 Å². The number of thioether (sulfide) groups is 1. The molecule has 0 fully saturated rings. The molecule has 1 amide bonds. The standard InChI is InChI=1S/C33H61NO5S/c1-26(2)15-12-16-27(3)17-13-18-28(4)19-14-20-29(5)23-24-40-25-30(33(38)39)34-31(35)21-10-8-6-7-9-11-22-32(36)37/h23,26-28,30H,6-22,24-25H2,1-5H3,(H,34,35)(H,36,37)(H,38,39)/b29-23+. The van der Waals surface area contributed by atoms with Crippen LogP contribution in [0.25, 0.3) is 0 Å². The second-order valence-corrected chi connectivity index (χ2v) is 13.5. The van der Waals surface area contributed by atoms with Crippen molar-refractivity contribution in [1.29, 1.82) is 0 Å². The number of carbonyl (C=O) groups excluding carboxylic acids is 1. The SMILES string of the molecule is C/C(=C\CSCC(NC(=O)CCCCCCCCC(=O)O)C(=O)O)CCCC(C)CCCC(C)CCCC(C)C. The lowest BCUT2D eigenvalue weighted by Crippen LogP contribution is -2.42. The summed E-state index contributed by atoms with van der Waals surface area (Å²) in [7, 11) is 0. The van der Waals surface area contributed by atoms with Crippen molar-refractivity contribution in [2.45, 2.75) is 150 Å². The lowest BCUT2D eigenvalue weighted by molar-refractivity contribution is -0.141. The first-order valence-corrected chi connectivity index (χ1v) is 17.1. The van der Waals surface area contributed by atoms with Gasteiger partial charge in [0.2, 0.25) is 5.91 Å². The Morgan fingerprint density at radius 2 is 1.23 bits per heavy atom. The molecular weight excluding hydrogens is 522 g/mol. The van der Waals surface area contributed by atoms with Crippen LogP contribution in [-0.2, 0) is 14.4 Å². The van der Waals surface area contributed by atoms with Crippen LogP contribution >= 0.6 is 11.8 Å². The number of hydrogen-bond donors (Lipinski definition) is 3. The van der Waals surface area contributed by atoms with Gasteiger partial charge in [-0.25, -0.2) is 4.79 Å². The third-order valence-electron chi connectivity index (χ3n) is 7.65. The second kappa shape index (κ2) is 25.2. The highest BCUT2D eigenvalue weighted by molar-refractivity contribution is 7.99. The van der Waals surface area contributed by atoms with Crippen LogP contribution < -0.4 is 5.32 Å². The molecule has 0 aliphatic heterocycles. The Bertz CT molecular complexity index is 709. The van der Waals surface area contributed by atoms with Gasteiger partial charge in [-0.05, 0) is 50.4 Å². The number of hydrogen-bond acceptors (Lipinski definition) is 4. The van der Waals surface area contributed by atoms with Crippen LogP contribution in [0.15, 0.2) is 11.6 Å². The van der Waals surface area contributed by atoms with E-state index in [1.807, 2.05) is 0 Å². The molecule has 0 radical (unpaired) electrons. The second-order valence-electron chi connectivity index (χ2n) is 12.4. The van der Waals surface area contributed by atoms with E-state index in [0.717, 1.165) is 62.0 Å². The van der Waals surface area contributed by atoms with E-state index in [1.165, 1.54) is 56.9 Å². The monoisotopic (exact) mass is 583 g/mol. The number of allylic oxidation sites excluding steroid dienone is 1. The number of unbranched alkanes of at least 4 members (excludes halogenated alkanes) is 5. The molecule has 7 heteroatoms. The normalized spacial score (nSPS) is 14.2. The van der Waals surface area contributed by atoms with Gasteiger partial charge in [0, 0.05) is 24.3 Å². The maximum Gasteiger partial charge on any atom is 0.327 e. The largest absolute Gasteiger partial charge is 0.481 e. The fraction of sp³-hybridized carbons (Fsp3) is 0.848. The zero-order valence-electron chi connectivity index (χ0n) is 26.3. The van der Waals surface area contributed by atoms with Crippen molar-refractivity contribution in [1.82, 2.24) is 5.32 Å². The maximum atomic E-state index is 12.2. The van der Waals surface area contributed by atoms with E-state index in [9.17, 15) is 19.5 Å². The van der Waals surface area contributed by atoms with Crippen LogP contribution in [0.4, 0.5) is 0 Å². The highest BCUT2D eigenvalue weighted by Gasteiger charge is 2.19. The molecule has 6 nitrogen and oxygen atoms in total. The minimum Gasteiger partial charge on any atom is -0.481 e. The van der Waals surface area contributed by atoms with Crippen molar-refractivity contribution >= 4 is 29.6 Å². The van der Waals surface area contributed by atoms with E-state index in [2.05, 4.69) is 46.0 Å². The van der Waals surface area contributed by atoms with Gasteiger partial charge in [-0.3, -0.25) is 9.59 Å². The minimum atomic E-state index is -0.987. The fourth-order valence-corrected chi connectivity index (χ4v) is 5.91. The van der Waals surface area contributed by atoms with E-state index < -0.39 is 18.0 Å². The molecule has 0 aliphatic rings. The van der Waals surface area contributed by atoms with Gasteiger partial charge < -0.3 is 15.5 Å². The van der Waals surface area contributed by atoms with Crippen molar-refractivity contribution in [3.8, 4) is 0 Å². The summed E-state index contributed by atoms with van der Waals surface area (Å²) in [4.78, 5) is 34.3. The van der Waals surface area contributed by atoms with Crippen molar-refractivity contribution < 1.29 is 24.6 Å². The molecule has 0 aromatic carbocycles. The number of carboxylic acids is 2. The molecule has 0 aromatic heterocycles. The van der Waals surface area contributed by atoms with Gasteiger partial charge in [0.1, 0.15) is 6.04 Å². The zero-order chi connectivity index (χ0) is 30.2. The minimum absolute atomic E-state index is 0.208. The molecule has 3 N–H and O–H groups in total. The molecule has 0 saturated heterocycles. The highest BCUT2D eigenvalue weighted by atomic mass is 32.2. The summed E-state index contributed by atoms with van der Waals surface area (Å²) in [5.74, 6) is 1.61. The van der Waals surface area contributed by atoms with Gasteiger partial charge in [0.25, 0.3) is 0 Å². The topological polar surface area (TPSA) is 104 Å². The molecule has 40 heavy (non-hydrogen) atoms. The molecule has 0 heterocycles. The predicted octanol–water partition coefficient (Wildman–Crippen LogP) is 8.88. The quantitative estimate of drug-likeness (QED) is 0.0659. The lowest BCUT2D eigenvalue weighted by Gasteiger charge is -2.15. The summed E-state index contributed by atoms with van der Waals surface area (Å²) in [6.07, 6.45) is 19.5. The molecule has 3 atom stereocenters. The fourth-order valence-electron chi connectivity index (χ4n) is 4.91. The van der Waals surface area contributed by atoms with Crippen molar-refractivity contribution in [2.24, 2.45) is 17.8 Å². The number of carboxylic acid groups (broad SMARTS) is 2. The van der Waals surface area contributed by atoms with Gasteiger partial charge >= 0.3 is 11.9 Å². The first-order valence-electron chi connectivity index (χ1n) is 16.0. The Labute approximate surface area is 249 Å². The average Bonchev–Trinajstić information content (AvgIpc) is 2.86. The van der Waals surface area contributed by atoms with Crippen molar-refractivity contribution in [2.75, 3.05) is 11.5 Å². The number of rotatable bonds is 27. The van der Waals surface area contributed by atoms with Gasteiger partial charge in [-0.2, -0.15) is 11.8 Å². The van der Waals surface area contributed by atoms with E-state index in [0.29, 0.717) is 18.6 Å². The lowest BCUT2D eigenvalue weighted by atomic mass is 9.91. The average molecular weight is 584 g/mol. The molecular formula is C33H61NO5S. The van der Waals surface area contributed by atoms with Crippen molar-refractivity contribution in [3.05, 3.63) is 11.6 Å². The van der Waals surface area contributed by atoms with E-state index in [4.69, 9.17) is 5.11 Å². The molecule has 0 aliphatic carbocycles. The summed E-state index contributed by atoms with van der Waals surface area (Å²) in [6.45, 7) is 11.6. The molecule has 0 saturated carbocycles. The predicted molar refractivity (Wildman–Crippen MR) is 170 cm³/mol. The number of carbonyl (C=O) groups is 3. The van der Waals surface area contributed by atoms with Crippen LogP contribution in [0, 0.1) is 17.8 Å². The highest BCUT2D eigenvalue weighted by Crippen LogP contribution is 2.22. The van der Waals surface area contributed by atoms with E-state index >= 15 is 0 Å². The smallest absolute Gasteiger partial charge is 0.327 e. The summed E-state index contributed by atoms with van der Waals surface area (Å²) < 4.78 is 0. The van der Waals surface area contributed by atoms with Gasteiger partial charge in [0.15, 0.2) is 0 Å². The molecule has 3 unspecified atom stereocenters. The molecule has 234 valence electrons. The molecule has 0 aromatic rings. The molecule has 0 spiro atoms. The van der Waals surface area contributed by atoms with E-state index in [1.54, 1.807) is 11.8 Å². The van der Waals surface area contributed by atoms with Crippen LogP contribution in [0.1, 0.15) is 144 Å². The van der Waals surface area contributed by atoms with Gasteiger partial charge in [-0.15, -0.1) is 0 Å². The third kappa shape index (κ3) is 25.5. The zero-order valence-corrected chi connectivity index (χ0v) is 27.2. The summed E-state index contributed by atoms with van der Waals surface area (Å²) in [5, 5.41) is 20.8. The van der Waals surface area contributed by atoms with Crippen LogP contribution in [0.3, 0.4) is 0 Å². The summed E-state index contributed by atoms with van der Waals surface area (Å²) >= 11 is 1.55. The Hall–Kier alpha value is -1.50. The summed E-state index contributed by atoms with van der Waals surface area (Å²) in [6, 6.07) is -0.860. The van der Waals surface area contributed by atoms with Gasteiger partial charge in [0.05, 0.1) is 0 Å². The Balaban J connectivity index is 3.96. The third-order valence-corrected chi connectivity index (χ3v) is 8.62. The van der Waals surface area contributed by atoms with Crippen molar-refractivity contribution in [3.63, 3.8) is 0 Å². The first-order chi connectivity index (χ1) is 19.0. The van der Waals surface area contributed by atoms with E-state index in [-0.39, 0.29) is 12.3 Å². The number of aliphatic carboxylic acids is 2. The number of amides is 1. The molecule has 0 bridgehead atoms. The molecule has 0 rings (SSSR count). The Kier molecular flexibility index (Phi) is 24.3. The maximum absolute atomic E-state index is 12.2. The Morgan fingerprint density at radius 3 is 1.77 bits per heavy atom. The number of nitrogens with one attached hydrogen (secondary N) is 1. The summed E-state index contributed by atoms with van der Waals surface area (Å²) in [5.41, 5.74) is 1.36. The van der Waals surface area contributed by atoms with Crippen LogP contribution in [0.5, 0.6) is 0 Å².